The van der Waals surface area contributed by atoms with Gasteiger partial charge in [-0.25, -0.2) is 0 Å². The summed E-state index contributed by atoms with van der Waals surface area (Å²) in [6.07, 6.45) is -2.87. The van der Waals surface area contributed by atoms with Crippen molar-refractivity contribution in [2.24, 2.45) is 0 Å². The lowest BCUT2D eigenvalue weighted by molar-refractivity contribution is -0.138. The van der Waals surface area contributed by atoms with Gasteiger partial charge in [-0.05, 0) is 49.7 Å². The van der Waals surface area contributed by atoms with Gasteiger partial charge in [-0.1, -0.05) is 11.6 Å². The summed E-state index contributed by atoms with van der Waals surface area (Å²) in [4.78, 5) is 13.9. The van der Waals surface area contributed by atoms with Crippen molar-refractivity contribution >= 4 is 17.5 Å². The Labute approximate surface area is 132 Å². The van der Waals surface area contributed by atoms with E-state index in [1.165, 1.54) is 6.07 Å². The summed E-state index contributed by atoms with van der Waals surface area (Å²) in [6.45, 7) is 1.68. The van der Waals surface area contributed by atoms with E-state index in [0.29, 0.717) is 0 Å². The van der Waals surface area contributed by atoms with E-state index in [1.807, 2.05) is 0 Å². The number of amides is 1. The third-order valence-corrected chi connectivity index (χ3v) is 4.33. The third kappa shape index (κ3) is 4.14. The molecular weight excluding hydrogens is 317 g/mol. The highest BCUT2D eigenvalue weighted by Gasteiger charge is 2.31. The zero-order valence-corrected chi connectivity index (χ0v) is 13.0. The molecule has 1 saturated heterocycles. The molecule has 3 nitrogen and oxygen atoms in total. The van der Waals surface area contributed by atoms with Crippen LogP contribution in [0.25, 0.3) is 0 Å². The minimum absolute atomic E-state index is 0.122. The zero-order valence-electron chi connectivity index (χ0n) is 12.2. The molecule has 1 aromatic rings. The number of rotatable bonds is 3. The molecule has 1 amide bonds. The number of carbonyl (C=O) groups excluding carboxylic acids is 1. The fourth-order valence-electron chi connectivity index (χ4n) is 2.57. The molecule has 0 bridgehead atoms. The first-order chi connectivity index (χ1) is 10.3. The molecule has 0 saturated carbocycles. The molecule has 0 atom stereocenters. The highest BCUT2D eigenvalue weighted by molar-refractivity contribution is 6.31. The maximum atomic E-state index is 12.7. The molecule has 22 heavy (non-hydrogen) atoms. The van der Waals surface area contributed by atoms with Crippen LogP contribution >= 0.6 is 11.6 Å². The molecule has 0 radical (unpaired) electrons. The summed E-state index contributed by atoms with van der Waals surface area (Å²) < 4.78 is 38.2. The van der Waals surface area contributed by atoms with Crippen LogP contribution < -0.4 is 5.32 Å². The van der Waals surface area contributed by atoms with Gasteiger partial charge in [-0.3, -0.25) is 4.79 Å². The summed E-state index contributed by atoms with van der Waals surface area (Å²) in [5, 5.41) is 3.39. The van der Waals surface area contributed by atoms with Gasteiger partial charge in [0.15, 0.2) is 0 Å². The Hall–Kier alpha value is -1.27. The molecule has 2 rings (SSSR count). The second-order valence-corrected chi connectivity index (χ2v) is 5.87. The second-order valence-electron chi connectivity index (χ2n) is 5.47. The van der Waals surface area contributed by atoms with Crippen molar-refractivity contribution in [2.45, 2.75) is 31.5 Å². The van der Waals surface area contributed by atoms with Gasteiger partial charge in [0, 0.05) is 18.1 Å². The van der Waals surface area contributed by atoms with E-state index in [4.69, 9.17) is 11.6 Å². The molecule has 1 heterocycles. The number of hydrogen-bond donors (Lipinski definition) is 1. The van der Waals surface area contributed by atoms with Crippen LogP contribution in [0.4, 0.5) is 13.2 Å². The lowest BCUT2D eigenvalue weighted by atomic mass is 10.0. The molecule has 0 unspecified atom stereocenters. The van der Waals surface area contributed by atoms with Crippen molar-refractivity contribution in [1.82, 2.24) is 10.2 Å². The Bertz CT molecular complexity index is 542. The minimum Gasteiger partial charge on any atom is -0.342 e. The molecule has 7 heteroatoms. The van der Waals surface area contributed by atoms with Crippen molar-refractivity contribution in [3.05, 3.63) is 34.3 Å². The summed E-state index contributed by atoms with van der Waals surface area (Å²) in [6, 6.07) is 3.19. The molecule has 1 aliphatic heterocycles. The van der Waals surface area contributed by atoms with Gasteiger partial charge in [0.05, 0.1) is 12.0 Å². The van der Waals surface area contributed by atoms with Gasteiger partial charge >= 0.3 is 6.18 Å². The number of alkyl halides is 3. The molecule has 0 aliphatic carbocycles. The van der Waals surface area contributed by atoms with E-state index in [2.05, 4.69) is 5.32 Å². The first-order valence-corrected chi connectivity index (χ1v) is 7.49. The van der Waals surface area contributed by atoms with Crippen molar-refractivity contribution in [3.8, 4) is 0 Å². The molecule has 1 fully saturated rings. The van der Waals surface area contributed by atoms with Gasteiger partial charge in [-0.2, -0.15) is 13.2 Å². The fourth-order valence-corrected chi connectivity index (χ4v) is 2.76. The summed E-state index contributed by atoms with van der Waals surface area (Å²) >= 11 is 5.93. The van der Waals surface area contributed by atoms with E-state index in [1.54, 1.807) is 11.9 Å². The lowest BCUT2D eigenvalue weighted by Crippen LogP contribution is -2.44. The molecule has 1 N–H and O–H groups in total. The Morgan fingerprint density at radius 3 is 2.59 bits per heavy atom. The van der Waals surface area contributed by atoms with E-state index < -0.39 is 11.7 Å². The first-order valence-electron chi connectivity index (χ1n) is 7.11. The predicted octanol–water partition coefficient (Wildman–Crippen LogP) is 3.11. The van der Waals surface area contributed by atoms with E-state index in [9.17, 15) is 18.0 Å². The van der Waals surface area contributed by atoms with Crippen LogP contribution in [0.15, 0.2) is 18.2 Å². The molecule has 122 valence electrons. The van der Waals surface area contributed by atoms with Gasteiger partial charge in [0.25, 0.3) is 0 Å². The minimum atomic E-state index is -4.44. The topological polar surface area (TPSA) is 32.3 Å². The lowest BCUT2D eigenvalue weighted by Gasteiger charge is -2.31. The summed E-state index contributed by atoms with van der Waals surface area (Å²) in [7, 11) is 1.69. The summed E-state index contributed by atoms with van der Waals surface area (Å²) in [5.74, 6) is -0.215. The van der Waals surface area contributed by atoms with Crippen LogP contribution in [0.2, 0.25) is 5.02 Å². The van der Waals surface area contributed by atoms with Crippen LogP contribution in [-0.2, 0) is 17.4 Å². The van der Waals surface area contributed by atoms with E-state index in [-0.39, 0.29) is 29.0 Å². The van der Waals surface area contributed by atoms with Crippen molar-refractivity contribution < 1.29 is 18.0 Å². The standard InChI is InChI=1S/C15H18ClF3N2O/c1-21(12-4-6-20-7-5-12)14(22)9-10-8-11(15(17,18)19)2-3-13(10)16/h2-3,8,12,20H,4-7,9H2,1H3. The third-order valence-electron chi connectivity index (χ3n) is 3.96. The first kappa shape index (κ1) is 17.1. The Balaban J connectivity index is 2.10. The predicted molar refractivity (Wildman–Crippen MR) is 78.8 cm³/mol. The summed E-state index contributed by atoms with van der Waals surface area (Å²) in [5.41, 5.74) is -0.577. The Morgan fingerprint density at radius 1 is 1.36 bits per heavy atom. The molecular formula is C15H18ClF3N2O. The van der Waals surface area contributed by atoms with E-state index in [0.717, 1.165) is 38.1 Å². The number of carbonyl (C=O) groups is 1. The molecule has 1 aliphatic rings. The number of nitrogens with zero attached hydrogens (tertiary/aromatic N) is 1. The monoisotopic (exact) mass is 334 g/mol. The van der Waals surface area contributed by atoms with Crippen LogP contribution in [0, 0.1) is 0 Å². The number of piperidine rings is 1. The van der Waals surface area contributed by atoms with Gasteiger partial charge < -0.3 is 10.2 Å². The van der Waals surface area contributed by atoms with Crippen LogP contribution in [0.3, 0.4) is 0 Å². The van der Waals surface area contributed by atoms with Crippen LogP contribution in [-0.4, -0.2) is 37.0 Å². The number of hydrogen-bond acceptors (Lipinski definition) is 2. The number of nitrogens with one attached hydrogen (secondary N) is 1. The van der Waals surface area contributed by atoms with Crippen molar-refractivity contribution in [1.29, 1.82) is 0 Å². The highest BCUT2D eigenvalue weighted by Crippen LogP contribution is 2.32. The van der Waals surface area contributed by atoms with Crippen molar-refractivity contribution in [2.75, 3.05) is 20.1 Å². The van der Waals surface area contributed by atoms with Crippen molar-refractivity contribution in [3.63, 3.8) is 0 Å². The maximum absolute atomic E-state index is 12.7. The zero-order chi connectivity index (χ0) is 16.3. The Kier molecular flexibility index (Phi) is 5.34. The molecule has 1 aromatic carbocycles. The average Bonchev–Trinajstić information content (AvgIpc) is 2.48. The smallest absolute Gasteiger partial charge is 0.342 e. The second kappa shape index (κ2) is 6.87. The van der Waals surface area contributed by atoms with Crippen LogP contribution in [0.1, 0.15) is 24.0 Å². The number of likely N-dealkylation sites (N-methyl/N-ethyl adjacent to an activating group) is 1. The molecule has 0 spiro atoms. The highest BCUT2D eigenvalue weighted by atomic mass is 35.5. The van der Waals surface area contributed by atoms with Crippen LogP contribution in [0.5, 0.6) is 0 Å². The largest absolute Gasteiger partial charge is 0.416 e. The average molecular weight is 335 g/mol. The Morgan fingerprint density at radius 2 is 2.00 bits per heavy atom. The normalized spacial score (nSPS) is 16.6. The fraction of sp³-hybridized carbons (Fsp3) is 0.533. The van der Waals surface area contributed by atoms with Gasteiger partial charge in [0.1, 0.15) is 0 Å². The number of benzene rings is 1. The molecule has 0 aromatic heterocycles. The SMILES string of the molecule is CN(C(=O)Cc1cc(C(F)(F)F)ccc1Cl)C1CCNCC1. The quantitative estimate of drug-likeness (QED) is 0.921. The van der Waals surface area contributed by atoms with Gasteiger partial charge in [0.2, 0.25) is 5.91 Å². The van der Waals surface area contributed by atoms with Gasteiger partial charge in [-0.15, -0.1) is 0 Å². The maximum Gasteiger partial charge on any atom is 0.416 e. The number of halogens is 4. The van der Waals surface area contributed by atoms with E-state index >= 15 is 0 Å².